The van der Waals surface area contributed by atoms with E-state index in [-0.39, 0.29) is 6.42 Å². The Bertz CT molecular complexity index is 202. The van der Waals surface area contributed by atoms with Crippen molar-refractivity contribution in [1.82, 2.24) is 0 Å². The molecule has 0 aromatic heterocycles. The van der Waals surface area contributed by atoms with Crippen molar-refractivity contribution >= 4 is 0 Å². The van der Waals surface area contributed by atoms with Gasteiger partial charge in [0, 0.05) is 0 Å². The van der Waals surface area contributed by atoms with E-state index in [1.807, 2.05) is 0 Å². The molecule has 0 spiro atoms. The van der Waals surface area contributed by atoms with Crippen LogP contribution in [0.15, 0.2) is 0 Å². The first-order chi connectivity index (χ1) is 6.44. The second-order valence-corrected chi connectivity index (χ2v) is 2.77. The van der Waals surface area contributed by atoms with Gasteiger partial charge in [0.25, 0.3) is 0 Å². The average molecular weight is 213 g/mol. The smallest absolute Gasteiger partial charge is 0.330 e. The van der Waals surface area contributed by atoms with E-state index < -0.39 is 25.1 Å². The van der Waals surface area contributed by atoms with Crippen LogP contribution in [0.4, 0.5) is 17.6 Å². The first-order valence-electron chi connectivity index (χ1n) is 4.08. The Hall–Kier alpha value is -0.830. The van der Waals surface area contributed by atoms with Crippen LogP contribution in [-0.4, -0.2) is 25.1 Å². The highest BCUT2D eigenvalue weighted by molar-refractivity contribution is 4.77. The maximum Gasteiger partial charge on any atom is 0.330 e. The van der Waals surface area contributed by atoms with Gasteiger partial charge in [0.05, 0.1) is 18.6 Å². The number of ether oxygens (including phenoxy) is 1. The fourth-order valence-electron chi connectivity index (χ4n) is 0.715. The summed E-state index contributed by atoms with van der Waals surface area (Å²) in [5, 5.41) is 8.24. The zero-order chi connectivity index (χ0) is 11.2. The van der Waals surface area contributed by atoms with E-state index >= 15 is 0 Å². The zero-order valence-corrected chi connectivity index (χ0v) is 7.64. The van der Waals surface area contributed by atoms with Crippen LogP contribution < -0.4 is 0 Å². The van der Waals surface area contributed by atoms with E-state index in [2.05, 4.69) is 4.74 Å². The molecule has 0 aliphatic heterocycles. The molecular weight excluding hydrogens is 202 g/mol. The lowest BCUT2D eigenvalue weighted by atomic mass is 10.2. The van der Waals surface area contributed by atoms with Crippen LogP contribution in [0.2, 0.25) is 0 Å². The summed E-state index contributed by atoms with van der Waals surface area (Å²) < 4.78 is 52.5. The number of halogens is 4. The van der Waals surface area contributed by atoms with Crippen LogP contribution >= 0.6 is 0 Å². The molecular formula is C8H11F4NO. The Morgan fingerprint density at radius 3 is 2.36 bits per heavy atom. The summed E-state index contributed by atoms with van der Waals surface area (Å²) in [6.07, 6.45) is -4.17. The second-order valence-electron chi connectivity index (χ2n) is 2.77. The molecule has 6 heteroatoms. The summed E-state index contributed by atoms with van der Waals surface area (Å²) in [4.78, 5) is 0. The molecule has 1 unspecified atom stereocenters. The van der Waals surface area contributed by atoms with E-state index in [0.717, 1.165) is 0 Å². The summed E-state index contributed by atoms with van der Waals surface area (Å²) in [6, 6.07) is 1.73. The van der Waals surface area contributed by atoms with Crippen molar-refractivity contribution in [1.29, 1.82) is 5.26 Å². The van der Waals surface area contributed by atoms with Crippen LogP contribution in [-0.2, 0) is 4.74 Å². The molecule has 0 saturated heterocycles. The largest absolute Gasteiger partial charge is 0.371 e. The van der Waals surface area contributed by atoms with E-state index in [4.69, 9.17) is 5.26 Å². The number of nitriles is 1. The van der Waals surface area contributed by atoms with Gasteiger partial charge in [-0.3, -0.25) is 0 Å². The van der Waals surface area contributed by atoms with Gasteiger partial charge in [-0.2, -0.15) is 14.0 Å². The Labute approximate surface area is 79.5 Å². The number of alkyl halides is 4. The molecule has 0 fully saturated rings. The Kier molecular flexibility index (Phi) is 5.46. The summed E-state index contributed by atoms with van der Waals surface area (Å²) in [5.74, 6) is -4.14. The lowest BCUT2D eigenvalue weighted by Gasteiger charge is -2.19. The standard InChI is InChI=1S/C8H11F4NO/c1-2-6(3-4-13)14-5-8(11,12)7(9)10/h6-7H,2-3,5H2,1H3. The molecule has 0 aromatic rings. The predicted octanol–water partition coefficient (Wildman–Crippen LogP) is 2.60. The lowest BCUT2D eigenvalue weighted by Crippen LogP contribution is -2.34. The molecule has 82 valence electrons. The molecule has 0 bridgehead atoms. The quantitative estimate of drug-likeness (QED) is 0.635. The van der Waals surface area contributed by atoms with Crippen molar-refractivity contribution in [2.75, 3.05) is 6.61 Å². The molecule has 0 amide bonds. The van der Waals surface area contributed by atoms with Crippen molar-refractivity contribution in [3.63, 3.8) is 0 Å². The van der Waals surface area contributed by atoms with Crippen molar-refractivity contribution in [2.24, 2.45) is 0 Å². The third-order valence-electron chi connectivity index (χ3n) is 1.61. The van der Waals surface area contributed by atoms with Crippen LogP contribution in [0.5, 0.6) is 0 Å². The Morgan fingerprint density at radius 2 is 2.00 bits per heavy atom. The summed E-state index contributed by atoms with van der Waals surface area (Å²) in [7, 11) is 0. The predicted molar refractivity (Wildman–Crippen MR) is 41.2 cm³/mol. The Morgan fingerprint density at radius 1 is 1.43 bits per heavy atom. The zero-order valence-electron chi connectivity index (χ0n) is 7.64. The molecule has 2 nitrogen and oxygen atoms in total. The van der Waals surface area contributed by atoms with Gasteiger partial charge in [0.2, 0.25) is 0 Å². The van der Waals surface area contributed by atoms with E-state index in [1.165, 1.54) is 0 Å². The SMILES string of the molecule is CCC(CC#N)OCC(F)(F)C(F)F. The van der Waals surface area contributed by atoms with Crippen LogP contribution in [0, 0.1) is 11.3 Å². The molecule has 0 aliphatic carbocycles. The molecule has 1 atom stereocenters. The highest BCUT2D eigenvalue weighted by Gasteiger charge is 2.41. The van der Waals surface area contributed by atoms with E-state index in [0.29, 0.717) is 6.42 Å². The summed E-state index contributed by atoms with van der Waals surface area (Å²) >= 11 is 0. The van der Waals surface area contributed by atoms with Gasteiger partial charge in [-0.05, 0) is 6.42 Å². The van der Waals surface area contributed by atoms with Crippen molar-refractivity contribution in [3.05, 3.63) is 0 Å². The first kappa shape index (κ1) is 13.2. The van der Waals surface area contributed by atoms with Crippen molar-refractivity contribution in [3.8, 4) is 6.07 Å². The van der Waals surface area contributed by atoms with Gasteiger partial charge >= 0.3 is 12.3 Å². The third-order valence-corrected chi connectivity index (χ3v) is 1.61. The minimum absolute atomic E-state index is 0.0736. The molecule has 0 radical (unpaired) electrons. The van der Waals surface area contributed by atoms with Gasteiger partial charge in [0.1, 0.15) is 6.61 Å². The van der Waals surface area contributed by atoms with Gasteiger partial charge in [-0.1, -0.05) is 6.92 Å². The Balaban J connectivity index is 3.97. The number of nitrogens with zero attached hydrogens (tertiary/aromatic N) is 1. The topological polar surface area (TPSA) is 33.0 Å². The second kappa shape index (κ2) is 5.81. The maximum absolute atomic E-state index is 12.3. The van der Waals surface area contributed by atoms with Gasteiger partial charge in [0.15, 0.2) is 0 Å². The fourth-order valence-corrected chi connectivity index (χ4v) is 0.715. The average Bonchev–Trinajstić information content (AvgIpc) is 2.12. The molecule has 0 aromatic carbocycles. The van der Waals surface area contributed by atoms with E-state index in [1.54, 1.807) is 13.0 Å². The van der Waals surface area contributed by atoms with Gasteiger partial charge < -0.3 is 4.74 Å². The fraction of sp³-hybridized carbons (Fsp3) is 0.875. The van der Waals surface area contributed by atoms with Crippen LogP contribution in [0.25, 0.3) is 0 Å². The number of hydrogen-bond acceptors (Lipinski definition) is 2. The summed E-state index contributed by atoms with van der Waals surface area (Å²) in [6.45, 7) is 0.285. The third kappa shape index (κ3) is 4.42. The first-order valence-corrected chi connectivity index (χ1v) is 4.08. The summed E-state index contributed by atoms with van der Waals surface area (Å²) in [5.41, 5.74) is 0. The molecule has 0 heterocycles. The molecule has 0 saturated carbocycles. The van der Waals surface area contributed by atoms with Gasteiger partial charge in [-0.25, -0.2) is 8.78 Å². The van der Waals surface area contributed by atoms with Crippen molar-refractivity contribution in [2.45, 2.75) is 38.2 Å². The molecule has 0 rings (SSSR count). The number of hydrogen-bond donors (Lipinski definition) is 0. The van der Waals surface area contributed by atoms with E-state index in [9.17, 15) is 17.6 Å². The minimum atomic E-state index is -4.14. The minimum Gasteiger partial charge on any atom is -0.371 e. The number of rotatable bonds is 6. The monoisotopic (exact) mass is 213 g/mol. The normalized spacial score (nSPS) is 14.1. The maximum atomic E-state index is 12.3. The molecule has 0 N–H and O–H groups in total. The van der Waals surface area contributed by atoms with Crippen LogP contribution in [0.3, 0.4) is 0 Å². The van der Waals surface area contributed by atoms with Crippen molar-refractivity contribution < 1.29 is 22.3 Å². The highest BCUT2D eigenvalue weighted by Crippen LogP contribution is 2.23. The molecule has 0 aliphatic rings. The van der Waals surface area contributed by atoms with Gasteiger partial charge in [-0.15, -0.1) is 0 Å². The molecule has 14 heavy (non-hydrogen) atoms. The highest BCUT2D eigenvalue weighted by atomic mass is 19.3. The lowest BCUT2D eigenvalue weighted by molar-refractivity contribution is -0.175. The van der Waals surface area contributed by atoms with Crippen LogP contribution in [0.1, 0.15) is 19.8 Å².